The molecule has 11 heavy (non-hydrogen) atoms. The maximum Gasteiger partial charge on any atom is 0.228 e. The highest BCUT2D eigenvalue weighted by atomic mass is 79.9. The van der Waals surface area contributed by atoms with E-state index < -0.39 is 6.17 Å². The van der Waals surface area contributed by atoms with E-state index in [1.165, 1.54) is 4.90 Å². The molecular weight excluding hydrogens is 213 g/mol. The Hall–Kier alpha value is -0.120. The summed E-state index contributed by atoms with van der Waals surface area (Å²) >= 11 is 3.37. The zero-order valence-corrected chi connectivity index (χ0v) is 7.71. The Morgan fingerprint density at radius 2 is 2.36 bits per heavy atom. The largest absolute Gasteiger partial charge is 0.338 e. The van der Waals surface area contributed by atoms with Gasteiger partial charge in [0.2, 0.25) is 5.91 Å². The molecule has 2 aliphatic rings. The van der Waals surface area contributed by atoms with Crippen molar-refractivity contribution in [2.24, 2.45) is 5.92 Å². The van der Waals surface area contributed by atoms with Gasteiger partial charge in [0.25, 0.3) is 0 Å². The van der Waals surface area contributed by atoms with Gasteiger partial charge in [0.15, 0.2) is 0 Å². The van der Waals surface area contributed by atoms with Gasteiger partial charge in [-0.15, -0.1) is 0 Å². The molecule has 2 fully saturated rings. The van der Waals surface area contributed by atoms with Crippen molar-refractivity contribution in [3.63, 3.8) is 0 Å². The summed E-state index contributed by atoms with van der Waals surface area (Å²) in [7, 11) is 1.67. The normalized spacial score (nSPS) is 49.0. The number of carbonyl (C=O) groups is 1. The van der Waals surface area contributed by atoms with Gasteiger partial charge in [0.1, 0.15) is 6.17 Å². The van der Waals surface area contributed by atoms with Crippen LogP contribution >= 0.6 is 15.9 Å². The van der Waals surface area contributed by atoms with Crippen LogP contribution in [0.1, 0.15) is 6.42 Å². The average Bonchev–Trinajstić information content (AvgIpc) is 2.31. The molecule has 0 unspecified atom stereocenters. The van der Waals surface area contributed by atoms with Crippen LogP contribution in [0.5, 0.6) is 0 Å². The molecule has 1 heterocycles. The third kappa shape index (κ3) is 0.789. The first-order valence-electron chi connectivity index (χ1n) is 3.67. The predicted octanol–water partition coefficient (Wildman–Crippen LogP) is 0.949. The third-order valence-electron chi connectivity index (χ3n) is 2.67. The molecule has 1 saturated heterocycles. The fourth-order valence-electron chi connectivity index (χ4n) is 2.05. The topological polar surface area (TPSA) is 20.3 Å². The van der Waals surface area contributed by atoms with E-state index in [2.05, 4.69) is 15.9 Å². The van der Waals surface area contributed by atoms with Gasteiger partial charge in [-0.25, -0.2) is 4.39 Å². The molecule has 0 radical (unpaired) electrons. The van der Waals surface area contributed by atoms with Crippen molar-refractivity contribution in [2.75, 3.05) is 7.05 Å². The predicted molar refractivity (Wildman–Crippen MR) is 42.3 cm³/mol. The summed E-state index contributed by atoms with van der Waals surface area (Å²) in [5.74, 6) is -0.396. The summed E-state index contributed by atoms with van der Waals surface area (Å²) < 4.78 is 13.2. The number of carbonyl (C=O) groups excluding carboxylic acids is 1. The zero-order valence-electron chi connectivity index (χ0n) is 6.13. The molecule has 2 nitrogen and oxygen atoms in total. The van der Waals surface area contributed by atoms with Crippen LogP contribution in [0.3, 0.4) is 0 Å². The second-order valence-corrected chi connectivity index (χ2v) is 4.42. The Labute approximate surface area is 72.9 Å². The highest BCUT2D eigenvalue weighted by Gasteiger charge is 2.56. The molecule has 2 rings (SSSR count). The molecule has 1 saturated carbocycles. The molecule has 4 atom stereocenters. The minimum Gasteiger partial charge on any atom is -0.338 e. The maximum absolute atomic E-state index is 13.2. The molecule has 0 spiro atoms. The summed E-state index contributed by atoms with van der Waals surface area (Å²) in [6.45, 7) is 0. The molecule has 0 aromatic heterocycles. The van der Waals surface area contributed by atoms with Crippen LogP contribution in [-0.2, 0) is 4.79 Å². The van der Waals surface area contributed by atoms with Gasteiger partial charge in [-0.3, -0.25) is 4.79 Å². The minimum absolute atomic E-state index is 0.0294. The van der Waals surface area contributed by atoms with Crippen molar-refractivity contribution in [1.29, 1.82) is 0 Å². The minimum atomic E-state index is -0.947. The first-order chi connectivity index (χ1) is 5.13. The first kappa shape index (κ1) is 7.53. The molecule has 62 valence electrons. The molecule has 0 aromatic carbocycles. The molecule has 0 N–H and O–H groups in total. The summed E-state index contributed by atoms with van der Waals surface area (Å²) in [6, 6.07) is -0.215. The Morgan fingerprint density at radius 3 is 2.73 bits per heavy atom. The van der Waals surface area contributed by atoms with E-state index in [-0.39, 0.29) is 22.7 Å². The summed E-state index contributed by atoms with van der Waals surface area (Å²) in [5, 5.41) is 0. The maximum atomic E-state index is 13.2. The van der Waals surface area contributed by atoms with Gasteiger partial charge in [0.05, 0.1) is 12.0 Å². The fraction of sp³-hybridized carbons (Fsp3) is 0.857. The number of piperidine rings is 1. The number of fused-ring (bicyclic) bond motifs is 2. The molecule has 0 aromatic rings. The van der Waals surface area contributed by atoms with Crippen LogP contribution in [0.15, 0.2) is 0 Å². The molecule has 1 aliphatic heterocycles. The van der Waals surface area contributed by atoms with Crippen LogP contribution in [0.2, 0.25) is 0 Å². The monoisotopic (exact) mass is 221 g/mol. The van der Waals surface area contributed by atoms with Gasteiger partial charge in [-0.2, -0.15) is 0 Å². The van der Waals surface area contributed by atoms with Crippen LogP contribution in [0, 0.1) is 5.92 Å². The number of hydrogen-bond acceptors (Lipinski definition) is 1. The van der Waals surface area contributed by atoms with Gasteiger partial charge in [0, 0.05) is 11.9 Å². The van der Waals surface area contributed by atoms with Crippen LogP contribution in [-0.4, -0.2) is 34.9 Å². The van der Waals surface area contributed by atoms with Crippen molar-refractivity contribution < 1.29 is 9.18 Å². The first-order valence-corrected chi connectivity index (χ1v) is 4.59. The van der Waals surface area contributed by atoms with Crippen molar-refractivity contribution in [3.05, 3.63) is 0 Å². The summed E-state index contributed by atoms with van der Waals surface area (Å²) in [4.78, 5) is 12.9. The van der Waals surface area contributed by atoms with E-state index in [1.54, 1.807) is 7.05 Å². The SMILES string of the molecule is CN1C(=O)[C@H]2C[C@H](Br)[C@@H]1[C@@H]2F. The summed E-state index contributed by atoms with van der Waals surface area (Å²) in [6.07, 6.45) is -0.286. The second kappa shape index (κ2) is 2.19. The fourth-order valence-corrected chi connectivity index (χ4v) is 3.10. The van der Waals surface area contributed by atoms with Crippen LogP contribution in [0.25, 0.3) is 0 Å². The van der Waals surface area contributed by atoms with Crippen molar-refractivity contribution in [1.82, 2.24) is 4.90 Å². The standard InChI is InChI=1S/C7H9BrFNO/c1-10-6-4(8)2-3(5(6)9)7(10)11/h3-6H,2H2,1H3/t3-,4-,5+,6+/m0/s1. The number of amides is 1. The van der Waals surface area contributed by atoms with E-state index in [4.69, 9.17) is 0 Å². The number of nitrogens with zero attached hydrogens (tertiary/aromatic N) is 1. The number of halogens is 2. The molecule has 2 bridgehead atoms. The van der Waals surface area contributed by atoms with Crippen molar-refractivity contribution in [2.45, 2.75) is 23.5 Å². The molecule has 1 amide bonds. The number of alkyl halides is 2. The lowest BCUT2D eigenvalue weighted by atomic mass is 10.1. The van der Waals surface area contributed by atoms with Crippen LogP contribution in [0.4, 0.5) is 4.39 Å². The molecular formula is C7H9BrFNO. The lowest BCUT2D eigenvalue weighted by Gasteiger charge is -2.25. The number of likely N-dealkylation sites (tertiary alicyclic amines) is 1. The Balaban J connectivity index is 2.31. The quantitative estimate of drug-likeness (QED) is 0.559. The Morgan fingerprint density at radius 1 is 1.73 bits per heavy atom. The third-order valence-corrected chi connectivity index (χ3v) is 3.59. The van der Waals surface area contributed by atoms with Crippen molar-refractivity contribution >= 4 is 21.8 Å². The summed E-state index contributed by atoms with van der Waals surface area (Å²) in [5.41, 5.74) is 0. The number of hydrogen-bond donors (Lipinski definition) is 0. The highest BCUT2D eigenvalue weighted by Crippen LogP contribution is 2.43. The van der Waals surface area contributed by atoms with E-state index in [0.29, 0.717) is 6.42 Å². The van der Waals surface area contributed by atoms with E-state index in [0.717, 1.165) is 0 Å². The van der Waals surface area contributed by atoms with E-state index in [9.17, 15) is 9.18 Å². The lowest BCUT2D eigenvalue weighted by molar-refractivity contribution is -0.132. The zero-order chi connectivity index (χ0) is 8.17. The van der Waals surface area contributed by atoms with E-state index >= 15 is 0 Å². The number of rotatable bonds is 0. The molecule has 4 heteroatoms. The molecule has 1 aliphatic carbocycles. The Kier molecular flexibility index (Phi) is 1.50. The smallest absolute Gasteiger partial charge is 0.228 e. The van der Waals surface area contributed by atoms with Gasteiger partial charge in [-0.05, 0) is 6.42 Å². The van der Waals surface area contributed by atoms with Gasteiger partial charge < -0.3 is 4.90 Å². The second-order valence-electron chi connectivity index (χ2n) is 3.24. The van der Waals surface area contributed by atoms with Gasteiger partial charge in [-0.1, -0.05) is 15.9 Å². The van der Waals surface area contributed by atoms with Crippen LogP contribution < -0.4 is 0 Å². The van der Waals surface area contributed by atoms with Gasteiger partial charge >= 0.3 is 0 Å². The van der Waals surface area contributed by atoms with E-state index in [1.807, 2.05) is 0 Å². The van der Waals surface area contributed by atoms with Crippen molar-refractivity contribution in [3.8, 4) is 0 Å². The highest BCUT2D eigenvalue weighted by molar-refractivity contribution is 9.09. The Bertz CT molecular complexity index is 211. The lowest BCUT2D eigenvalue weighted by Crippen LogP contribution is -2.40. The average molecular weight is 222 g/mol.